The molecule has 1 aromatic carbocycles. The first-order valence-electron chi connectivity index (χ1n) is 6.21. The lowest BCUT2D eigenvalue weighted by Gasteiger charge is -2.20. The van der Waals surface area contributed by atoms with Crippen molar-refractivity contribution in [3.8, 4) is 0 Å². The van der Waals surface area contributed by atoms with Gasteiger partial charge in [0.25, 0.3) is 0 Å². The molecule has 0 N–H and O–H groups in total. The summed E-state index contributed by atoms with van der Waals surface area (Å²) in [7, 11) is 4.22. The topological polar surface area (TPSA) is 6.48 Å². The molecule has 0 amide bonds. The molecule has 0 aliphatic rings. The fourth-order valence-corrected chi connectivity index (χ4v) is 1.33. The highest BCUT2D eigenvalue weighted by Crippen LogP contribution is 2.18. The van der Waals surface area contributed by atoms with Gasteiger partial charge in [0.2, 0.25) is 0 Å². The van der Waals surface area contributed by atoms with Crippen molar-refractivity contribution in [1.82, 2.24) is 0 Å². The van der Waals surface area contributed by atoms with Gasteiger partial charge in [-0.25, -0.2) is 0 Å². The average molecular weight is 222 g/mol. The highest BCUT2D eigenvalue weighted by molar-refractivity contribution is 5.55. The summed E-state index contributed by atoms with van der Waals surface area (Å²) in [5.41, 5.74) is 2.56. The molecule has 0 aromatic heterocycles. The minimum Gasteiger partial charge on any atom is -0.375 e. The van der Waals surface area contributed by atoms with Crippen LogP contribution in [-0.4, -0.2) is 27.2 Å². The van der Waals surface area contributed by atoms with Crippen LogP contribution >= 0.6 is 0 Å². The molecule has 0 aliphatic carbocycles. The Balaban J connectivity index is 0.00000106. The zero-order chi connectivity index (χ0) is 12.6. The smallest absolute Gasteiger partial charge is 0.0365 e. The van der Waals surface area contributed by atoms with Gasteiger partial charge in [-0.15, -0.1) is 0 Å². The molecule has 0 saturated carbocycles. The fourth-order valence-electron chi connectivity index (χ4n) is 1.33. The van der Waals surface area contributed by atoms with E-state index in [-0.39, 0.29) is 0 Å². The van der Waals surface area contributed by atoms with Crippen LogP contribution in [-0.2, 0) is 0 Å². The Bertz CT molecular complexity index is 238. The standard InChI is InChI=1S/C12H20N2.C2H6/c1-5-13(3)11-7-9-12(10-8-11)14(4)6-2;1-2/h7-10H,5-6H2,1-4H3;1-2H3. The molecular weight excluding hydrogens is 196 g/mol. The van der Waals surface area contributed by atoms with Crippen LogP contribution in [0.5, 0.6) is 0 Å². The summed E-state index contributed by atoms with van der Waals surface area (Å²) >= 11 is 0. The molecule has 2 nitrogen and oxygen atoms in total. The maximum atomic E-state index is 2.23. The summed E-state index contributed by atoms with van der Waals surface area (Å²) in [4.78, 5) is 4.46. The van der Waals surface area contributed by atoms with Crippen molar-refractivity contribution in [2.75, 3.05) is 37.0 Å². The van der Waals surface area contributed by atoms with E-state index in [2.05, 4.69) is 62.0 Å². The molecule has 1 rings (SSSR count). The number of benzene rings is 1. The van der Waals surface area contributed by atoms with E-state index in [4.69, 9.17) is 0 Å². The summed E-state index contributed by atoms with van der Waals surface area (Å²) in [5, 5.41) is 0. The van der Waals surface area contributed by atoms with Crippen LogP contribution in [0.1, 0.15) is 27.7 Å². The molecule has 0 atom stereocenters. The minimum atomic E-state index is 1.04. The minimum absolute atomic E-state index is 1.04. The van der Waals surface area contributed by atoms with Gasteiger partial charge in [0.1, 0.15) is 0 Å². The third kappa shape index (κ3) is 4.13. The lowest BCUT2D eigenvalue weighted by Crippen LogP contribution is -2.17. The lowest BCUT2D eigenvalue weighted by molar-refractivity contribution is 0.955. The van der Waals surface area contributed by atoms with Gasteiger partial charge in [-0.3, -0.25) is 0 Å². The van der Waals surface area contributed by atoms with Crippen LogP contribution in [0.4, 0.5) is 11.4 Å². The van der Waals surface area contributed by atoms with Crippen molar-refractivity contribution in [3.63, 3.8) is 0 Å². The number of nitrogens with zero attached hydrogens (tertiary/aromatic N) is 2. The monoisotopic (exact) mass is 222 g/mol. The van der Waals surface area contributed by atoms with Crippen molar-refractivity contribution >= 4 is 11.4 Å². The summed E-state index contributed by atoms with van der Waals surface area (Å²) in [5.74, 6) is 0. The van der Waals surface area contributed by atoms with Crippen molar-refractivity contribution in [1.29, 1.82) is 0 Å². The third-order valence-electron chi connectivity index (χ3n) is 2.68. The molecule has 0 saturated heterocycles. The summed E-state index contributed by atoms with van der Waals surface area (Å²) in [6.07, 6.45) is 0. The van der Waals surface area contributed by atoms with Gasteiger partial charge >= 0.3 is 0 Å². The van der Waals surface area contributed by atoms with Gasteiger partial charge in [-0.2, -0.15) is 0 Å². The number of rotatable bonds is 4. The maximum Gasteiger partial charge on any atom is 0.0365 e. The van der Waals surface area contributed by atoms with Crippen LogP contribution in [0.2, 0.25) is 0 Å². The van der Waals surface area contributed by atoms with E-state index in [1.54, 1.807) is 0 Å². The van der Waals surface area contributed by atoms with Gasteiger partial charge in [-0.1, -0.05) is 13.8 Å². The van der Waals surface area contributed by atoms with E-state index in [1.807, 2.05) is 13.8 Å². The first kappa shape index (κ1) is 14.8. The zero-order valence-electron chi connectivity index (χ0n) is 11.6. The molecular formula is C14H26N2. The maximum absolute atomic E-state index is 2.23. The SMILES string of the molecule is CC.CCN(C)c1ccc(N(C)CC)cc1. The fraction of sp³-hybridized carbons (Fsp3) is 0.571. The van der Waals surface area contributed by atoms with Crippen LogP contribution in [0.3, 0.4) is 0 Å². The number of anilines is 2. The van der Waals surface area contributed by atoms with E-state index in [0.29, 0.717) is 0 Å². The molecule has 0 radical (unpaired) electrons. The van der Waals surface area contributed by atoms with Crippen molar-refractivity contribution in [3.05, 3.63) is 24.3 Å². The summed E-state index contributed by atoms with van der Waals surface area (Å²) in [6.45, 7) is 10.4. The molecule has 0 unspecified atom stereocenters. The van der Waals surface area contributed by atoms with E-state index >= 15 is 0 Å². The van der Waals surface area contributed by atoms with Gasteiger partial charge < -0.3 is 9.80 Å². The second kappa shape index (κ2) is 8.03. The van der Waals surface area contributed by atoms with Crippen LogP contribution in [0, 0.1) is 0 Å². The molecule has 0 spiro atoms. The number of hydrogen-bond acceptors (Lipinski definition) is 2. The first-order chi connectivity index (χ1) is 7.69. The number of hydrogen-bond donors (Lipinski definition) is 0. The van der Waals surface area contributed by atoms with Crippen LogP contribution < -0.4 is 9.80 Å². The molecule has 0 fully saturated rings. The Labute approximate surface area is 101 Å². The Hall–Kier alpha value is -1.18. The summed E-state index contributed by atoms with van der Waals surface area (Å²) < 4.78 is 0. The predicted molar refractivity (Wildman–Crippen MR) is 75.7 cm³/mol. The first-order valence-corrected chi connectivity index (χ1v) is 6.21. The van der Waals surface area contributed by atoms with E-state index in [1.165, 1.54) is 11.4 Å². The van der Waals surface area contributed by atoms with Crippen LogP contribution in [0.15, 0.2) is 24.3 Å². The third-order valence-corrected chi connectivity index (χ3v) is 2.68. The Morgan fingerprint density at radius 1 is 0.750 bits per heavy atom. The Kier molecular flexibility index (Phi) is 7.44. The van der Waals surface area contributed by atoms with Crippen molar-refractivity contribution in [2.24, 2.45) is 0 Å². The molecule has 0 aliphatic heterocycles. The highest BCUT2D eigenvalue weighted by Gasteiger charge is 2.00. The molecule has 0 heterocycles. The van der Waals surface area contributed by atoms with Crippen LogP contribution in [0.25, 0.3) is 0 Å². The van der Waals surface area contributed by atoms with E-state index in [0.717, 1.165) is 13.1 Å². The molecule has 1 aromatic rings. The second-order valence-electron chi connectivity index (χ2n) is 3.54. The molecule has 0 bridgehead atoms. The predicted octanol–water partition coefficient (Wildman–Crippen LogP) is 3.63. The lowest BCUT2D eigenvalue weighted by atomic mass is 10.2. The molecule has 92 valence electrons. The zero-order valence-corrected chi connectivity index (χ0v) is 11.6. The van der Waals surface area contributed by atoms with E-state index < -0.39 is 0 Å². The van der Waals surface area contributed by atoms with Gasteiger partial charge in [0.05, 0.1) is 0 Å². The summed E-state index contributed by atoms with van der Waals surface area (Å²) in [6, 6.07) is 8.69. The molecule has 2 heteroatoms. The van der Waals surface area contributed by atoms with Gasteiger partial charge in [-0.05, 0) is 38.1 Å². The Morgan fingerprint density at radius 3 is 1.19 bits per heavy atom. The van der Waals surface area contributed by atoms with Crippen molar-refractivity contribution in [2.45, 2.75) is 27.7 Å². The molecule has 16 heavy (non-hydrogen) atoms. The van der Waals surface area contributed by atoms with Gasteiger partial charge in [0.15, 0.2) is 0 Å². The van der Waals surface area contributed by atoms with Crippen molar-refractivity contribution < 1.29 is 0 Å². The Morgan fingerprint density at radius 2 is 1.00 bits per heavy atom. The van der Waals surface area contributed by atoms with Gasteiger partial charge in [0, 0.05) is 38.6 Å². The van der Waals surface area contributed by atoms with E-state index in [9.17, 15) is 0 Å². The average Bonchev–Trinajstić information content (AvgIpc) is 2.39. The second-order valence-corrected chi connectivity index (χ2v) is 3.54. The normalized spacial score (nSPS) is 9.12. The largest absolute Gasteiger partial charge is 0.375 e. The quantitative estimate of drug-likeness (QED) is 0.767. The highest BCUT2D eigenvalue weighted by atomic mass is 15.1.